The topological polar surface area (TPSA) is 128 Å². The molecule has 4 aromatic rings. The van der Waals surface area contributed by atoms with Crippen LogP contribution >= 0.6 is 11.3 Å². The lowest BCUT2D eigenvalue weighted by Gasteiger charge is -2.13. The van der Waals surface area contributed by atoms with Gasteiger partial charge >= 0.3 is 5.97 Å². The Morgan fingerprint density at radius 3 is 2.69 bits per heavy atom. The maximum Gasteiger partial charge on any atom is 0.351 e. The van der Waals surface area contributed by atoms with Crippen LogP contribution in [0.3, 0.4) is 0 Å². The number of rotatable bonds is 6. The Morgan fingerprint density at radius 2 is 2.00 bits per heavy atom. The molecule has 1 N–H and O–H groups in total. The number of para-hydroxylation sites is 1. The molecule has 10 nitrogen and oxygen atoms in total. The fourth-order valence-electron chi connectivity index (χ4n) is 3.23. The van der Waals surface area contributed by atoms with E-state index in [1.165, 1.54) is 11.0 Å². The van der Waals surface area contributed by atoms with Crippen molar-refractivity contribution in [1.29, 1.82) is 5.26 Å². The standard InChI is InChI=1S/C21H17N7O3S/c1-13-14(2)28(15-6-4-3-5-7-15)20(16(13)10-22)24-18(29)11-31-21(30)19-17(8-9-32-19)27-12-23-25-26-27/h3-9,12H,11H2,1-2H3,(H,24,29). The summed E-state index contributed by atoms with van der Waals surface area (Å²) in [6, 6.07) is 13.2. The highest BCUT2D eigenvalue weighted by atomic mass is 32.1. The number of anilines is 1. The first kappa shape index (κ1) is 21.0. The highest BCUT2D eigenvalue weighted by molar-refractivity contribution is 7.12. The minimum Gasteiger partial charge on any atom is -0.451 e. The highest BCUT2D eigenvalue weighted by Crippen LogP contribution is 2.30. The van der Waals surface area contributed by atoms with Gasteiger partial charge in [-0.3, -0.25) is 9.36 Å². The summed E-state index contributed by atoms with van der Waals surface area (Å²) in [5.74, 6) is -0.905. The number of tetrazole rings is 1. The lowest BCUT2D eigenvalue weighted by Crippen LogP contribution is -2.23. The first-order valence-electron chi connectivity index (χ1n) is 9.46. The number of amides is 1. The van der Waals surface area contributed by atoms with Crippen molar-refractivity contribution < 1.29 is 14.3 Å². The maximum absolute atomic E-state index is 12.6. The van der Waals surface area contributed by atoms with Gasteiger partial charge in [0.05, 0.1) is 11.3 Å². The Hall–Kier alpha value is -4.30. The van der Waals surface area contributed by atoms with Crippen molar-refractivity contribution in [2.45, 2.75) is 13.8 Å². The van der Waals surface area contributed by atoms with Crippen LogP contribution in [-0.2, 0) is 9.53 Å². The van der Waals surface area contributed by atoms with E-state index < -0.39 is 18.5 Å². The molecule has 0 spiro atoms. The molecule has 4 rings (SSSR count). The number of nitrogens with one attached hydrogen (secondary N) is 1. The Kier molecular flexibility index (Phi) is 5.78. The van der Waals surface area contributed by atoms with Gasteiger partial charge in [-0.25, -0.2) is 4.79 Å². The van der Waals surface area contributed by atoms with Crippen LogP contribution in [-0.4, -0.2) is 43.3 Å². The van der Waals surface area contributed by atoms with Gasteiger partial charge in [0.15, 0.2) is 6.61 Å². The first-order valence-corrected chi connectivity index (χ1v) is 10.3. The molecule has 1 amide bonds. The number of carbonyl (C=O) groups is 2. The van der Waals surface area contributed by atoms with Crippen LogP contribution in [0.1, 0.15) is 26.5 Å². The summed E-state index contributed by atoms with van der Waals surface area (Å²) < 4.78 is 8.33. The highest BCUT2D eigenvalue weighted by Gasteiger charge is 2.22. The molecule has 1 aromatic carbocycles. The number of hydrogen-bond donors (Lipinski definition) is 1. The lowest BCUT2D eigenvalue weighted by molar-refractivity contribution is -0.119. The Labute approximate surface area is 186 Å². The van der Waals surface area contributed by atoms with E-state index >= 15 is 0 Å². The third kappa shape index (κ3) is 3.86. The predicted octanol–water partition coefficient (Wildman–Crippen LogP) is 2.80. The number of hydrogen-bond acceptors (Lipinski definition) is 8. The smallest absolute Gasteiger partial charge is 0.351 e. The predicted molar refractivity (Wildman–Crippen MR) is 116 cm³/mol. The van der Waals surface area contributed by atoms with Gasteiger partial charge in [0.25, 0.3) is 5.91 Å². The molecule has 3 heterocycles. The van der Waals surface area contributed by atoms with Gasteiger partial charge in [0.1, 0.15) is 23.1 Å². The second-order valence-electron chi connectivity index (χ2n) is 6.73. The molecule has 0 atom stereocenters. The van der Waals surface area contributed by atoms with E-state index in [1.54, 1.807) is 16.0 Å². The molecule has 160 valence electrons. The van der Waals surface area contributed by atoms with Crippen molar-refractivity contribution in [3.05, 3.63) is 69.8 Å². The van der Waals surface area contributed by atoms with Crippen LogP contribution in [0.5, 0.6) is 0 Å². The van der Waals surface area contributed by atoms with Crippen molar-refractivity contribution in [3.63, 3.8) is 0 Å². The number of esters is 1. The average molecular weight is 447 g/mol. The van der Waals surface area contributed by atoms with Gasteiger partial charge in [-0.2, -0.15) is 9.94 Å². The number of benzene rings is 1. The number of thiophene rings is 1. The Bertz CT molecular complexity index is 1320. The van der Waals surface area contributed by atoms with Crippen LogP contribution in [0.15, 0.2) is 48.1 Å². The molecule has 0 aliphatic carbocycles. The van der Waals surface area contributed by atoms with E-state index in [2.05, 4.69) is 26.9 Å². The molecule has 0 saturated heterocycles. The zero-order chi connectivity index (χ0) is 22.7. The van der Waals surface area contributed by atoms with Crippen molar-refractivity contribution in [2.75, 3.05) is 11.9 Å². The third-order valence-corrected chi connectivity index (χ3v) is 5.74. The number of aromatic nitrogens is 5. The van der Waals surface area contributed by atoms with E-state index in [9.17, 15) is 14.9 Å². The van der Waals surface area contributed by atoms with E-state index in [0.29, 0.717) is 17.1 Å². The normalized spacial score (nSPS) is 10.5. The van der Waals surface area contributed by atoms with Crippen molar-refractivity contribution in [3.8, 4) is 17.4 Å². The molecular formula is C21H17N7O3S. The minimum absolute atomic E-state index is 0.266. The lowest BCUT2D eigenvalue weighted by atomic mass is 10.2. The van der Waals surface area contributed by atoms with Crippen molar-refractivity contribution in [2.24, 2.45) is 0 Å². The molecule has 32 heavy (non-hydrogen) atoms. The third-order valence-electron chi connectivity index (χ3n) is 4.86. The van der Waals surface area contributed by atoms with Crippen LogP contribution in [0.4, 0.5) is 5.82 Å². The van der Waals surface area contributed by atoms with Crippen LogP contribution in [0.25, 0.3) is 11.4 Å². The summed E-state index contributed by atoms with van der Waals surface area (Å²) in [4.78, 5) is 25.4. The van der Waals surface area contributed by atoms with Crippen molar-refractivity contribution in [1.82, 2.24) is 24.8 Å². The van der Waals surface area contributed by atoms with Crippen LogP contribution in [0.2, 0.25) is 0 Å². The number of ether oxygens (including phenoxy) is 1. The van der Waals surface area contributed by atoms with E-state index in [0.717, 1.165) is 28.3 Å². The molecular weight excluding hydrogens is 430 g/mol. The summed E-state index contributed by atoms with van der Waals surface area (Å²) in [7, 11) is 0. The summed E-state index contributed by atoms with van der Waals surface area (Å²) >= 11 is 1.15. The largest absolute Gasteiger partial charge is 0.451 e. The van der Waals surface area contributed by atoms with E-state index in [1.807, 2.05) is 44.2 Å². The van der Waals surface area contributed by atoms with E-state index in [4.69, 9.17) is 4.74 Å². The molecule has 0 bridgehead atoms. The molecule has 0 fully saturated rings. The van der Waals surface area contributed by atoms with Gasteiger partial charge in [0, 0.05) is 11.4 Å². The van der Waals surface area contributed by atoms with E-state index in [-0.39, 0.29) is 4.88 Å². The van der Waals surface area contributed by atoms with Crippen molar-refractivity contribution >= 4 is 29.0 Å². The summed E-state index contributed by atoms with van der Waals surface area (Å²) in [6.45, 7) is 3.17. The SMILES string of the molecule is Cc1c(C#N)c(NC(=O)COC(=O)c2sccc2-n2cnnn2)n(-c2ccccc2)c1C. The molecule has 0 aliphatic rings. The molecule has 11 heteroatoms. The number of nitrogens with zero attached hydrogens (tertiary/aromatic N) is 6. The number of nitriles is 1. The molecule has 0 unspecified atom stereocenters. The zero-order valence-electron chi connectivity index (χ0n) is 17.1. The summed E-state index contributed by atoms with van der Waals surface area (Å²) in [6.07, 6.45) is 1.36. The van der Waals surface area contributed by atoms with Gasteiger partial charge in [-0.15, -0.1) is 16.4 Å². The molecule has 3 aromatic heterocycles. The molecule has 0 saturated carbocycles. The van der Waals surface area contributed by atoms with Gasteiger partial charge in [-0.1, -0.05) is 18.2 Å². The summed E-state index contributed by atoms with van der Waals surface area (Å²) in [5.41, 5.74) is 3.19. The molecule has 0 radical (unpaired) electrons. The van der Waals surface area contributed by atoms with Crippen LogP contribution < -0.4 is 5.32 Å². The quantitative estimate of drug-likeness (QED) is 0.450. The fourth-order valence-corrected chi connectivity index (χ4v) is 4.00. The second kappa shape index (κ2) is 8.83. The van der Waals surface area contributed by atoms with Gasteiger partial charge < -0.3 is 10.1 Å². The Balaban J connectivity index is 1.52. The van der Waals surface area contributed by atoms with Gasteiger partial charge in [-0.05, 0) is 53.4 Å². The second-order valence-corrected chi connectivity index (χ2v) is 7.65. The monoisotopic (exact) mass is 447 g/mol. The molecule has 0 aliphatic heterocycles. The fraction of sp³-hybridized carbons (Fsp3) is 0.143. The Morgan fingerprint density at radius 1 is 1.22 bits per heavy atom. The van der Waals surface area contributed by atoms with Gasteiger partial charge in [0.2, 0.25) is 0 Å². The average Bonchev–Trinajstić information content (AvgIpc) is 3.53. The minimum atomic E-state index is -0.674. The zero-order valence-corrected chi connectivity index (χ0v) is 18.0. The maximum atomic E-state index is 12.6. The first-order chi connectivity index (χ1) is 15.5. The summed E-state index contributed by atoms with van der Waals surface area (Å²) in [5, 5.41) is 24.9. The number of carbonyl (C=O) groups excluding carboxylic acids is 2. The van der Waals surface area contributed by atoms with Crippen LogP contribution in [0, 0.1) is 25.2 Å².